The van der Waals surface area contributed by atoms with Crippen LogP contribution in [-0.2, 0) is 9.53 Å². The quantitative estimate of drug-likeness (QED) is 0.553. The molecule has 0 heterocycles. The van der Waals surface area contributed by atoms with E-state index in [4.69, 9.17) is 0 Å². The molecule has 0 spiro atoms. The molecule has 2 nitrogen and oxygen atoms in total. The Bertz CT molecular complexity index is 169. The first-order chi connectivity index (χ1) is 5.30. The molecule has 0 fully saturated rings. The van der Waals surface area contributed by atoms with Crippen molar-refractivity contribution in [1.29, 1.82) is 0 Å². The van der Waals surface area contributed by atoms with E-state index in [0.717, 1.165) is 14.0 Å². The molecule has 6 heteroatoms. The second-order valence-corrected chi connectivity index (χ2v) is 3.24. The highest BCUT2D eigenvalue weighted by molar-refractivity contribution is 9.10. The Morgan fingerprint density at radius 2 is 1.92 bits per heavy atom. The number of esters is 1. The topological polar surface area (TPSA) is 26.3 Å². The monoisotopic (exact) mass is 248 g/mol. The largest absolute Gasteiger partial charge is 0.468 e. The van der Waals surface area contributed by atoms with E-state index < -0.39 is 22.9 Å². The molecule has 0 bridgehead atoms. The Morgan fingerprint density at radius 3 is 2.17 bits per heavy atom. The summed E-state index contributed by atoms with van der Waals surface area (Å²) in [5, 5.41) is 0. The number of ether oxygens (including phenoxy) is 1. The summed E-state index contributed by atoms with van der Waals surface area (Å²) in [7, 11) is 1.04. The van der Waals surface area contributed by atoms with Crippen LogP contribution in [0.15, 0.2) is 0 Å². The van der Waals surface area contributed by atoms with Gasteiger partial charge in [-0.15, -0.1) is 0 Å². The summed E-state index contributed by atoms with van der Waals surface area (Å²) >= 11 is 2.61. The third-order valence-corrected chi connectivity index (χ3v) is 2.55. The Hall–Kier alpha value is -0.260. The maximum absolute atomic E-state index is 12.0. The van der Waals surface area contributed by atoms with Gasteiger partial charge in [-0.2, -0.15) is 13.2 Å². The van der Waals surface area contributed by atoms with Crippen LogP contribution in [0.5, 0.6) is 0 Å². The van der Waals surface area contributed by atoms with Crippen molar-refractivity contribution in [2.75, 3.05) is 7.11 Å². The molecule has 0 amide bonds. The molecule has 0 aliphatic heterocycles. The highest BCUT2D eigenvalue weighted by Gasteiger charge is 2.43. The van der Waals surface area contributed by atoms with Gasteiger partial charge in [0.2, 0.25) is 0 Å². The van der Waals surface area contributed by atoms with Crippen molar-refractivity contribution < 1.29 is 22.7 Å². The second-order valence-electron chi connectivity index (χ2n) is 2.26. The smallest absolute Gasteiger partial charge is 0.393 e. The van der Waals surface area contributed by atoms with Gasteiger partial charge in [-0.1, -0.05) is 22.9 Å². The number of halogens is 4. The minimum absolute atomic E-state index is 0.913. The van der Waals surface area contributed by atoms with Crippen LogP contribution in [0.25, 0.3) is 0 Å². The molecule has 72 valence electrons. The number of alkyl halides is 4. The lowest BCUT2D eigenvalue weighted by atomic mass is 10.1. The predicted octanol–water partition coefficient (Wildman–Crippen LogP) is 2.12. The molecule has 12 heavy (non-hydrogen) atoms. The van der Waals surface area contributed by atoms with Crippen molar-refractivity contribution in [3.8, 4) is 0 Å². The molecule has 0 aliphatic rings. The fraction of sp³-hybridized carbons (Fsp3) is 0.833. The van der Waals surface area contributed by atoms with Gasteiger partial charge in [-0.25, -0.2) is 0 Å². The molecule has 0 N–H and O–H groups in total. The summed E-state index contributed by atoms with van der Waals surface area (Å²) in [6.45, 7) is 0.913. The molecule has 0 saturated heterocycles. The van der Waals surface area contributed by atoms with Crippen molar-refractivity contribution in [3.63, 3.8) is 0 Å². The van der Waals surface area contributed by atoms with E-state index in [9.17, 15) is 18.0 Å². The van der Waals surface area contributed by atoms with Crippen molar-refractivity contribution >= 4 is 21.9 Å². The van der Waals surface area contributed by atoms with Crippen molar-refractivity contribution in [1.82, 2.24) is 0 Å². The van der Waals surface area contributed by atoms with Gasteiger partial charge in [0.1, 0.15) is 4.83 Å². The third kappa shape index (κ3) is 3.00. The summed E-state index contributed by atoms with van der Waals surface area (Å²) in [6.07, 6.45) is -4.39. The highest BCUT2D eigenvalue weighted by atomic mass is 79.9. The van der Waals surface area contributed by atoms with Gasteiger partial charge >= 0.3 is 12.1 Å². The minimum Gasteiger partial charge on any atom is -0.468 e. The van der Waals surface area contributed by atoms with Gasteiger partial charge in [-0.3, -0.25) is 4.79 Å². The molecular formula is C6H8BrF3O2. The normalized spacial score (nSPS) is 16.8. The third-order valence-electron chi connectivity index (χ3n) is 1.38. The Morgan fingerprint density at radius 1 is 1.50 bits per heavy atom. The Labute approximate surface area is 76.2 Å². The average molecular weight is 249 g/mol. The van der Waals surface area contributed by atoms with E-state index >= 15 is 0 Å². The van der Waals surface area contributed by atoms with Gasteiger partial charge in [0.25, 0.3) is 0 Å². The molecule has 0 saturated carbocycles. The molecule has 2 unspecified atom stereocenters. The van der Waals surface area contributed by atoms with Gasteiger partial charge in [0, 0.05) is 0 Å². The molecule has 0 rings (SSSR count). The van der Waals surface area contributed by atoms with Crippen molar-refractivity contribution in [2.45, 2.75) is 17.9 Å². The van der Waals surface area contributed by atoms with Gasteiger partial charge in [-0.05, 0) is 0 Å². The van der Waals surface area contributed by atoms with Gasteiger partial charge < -0.3 is 4.74 Å². The summed E-state index contributed by atoms with van der Waals surface area (Å²) in [5.74, 6) is -2.66. The van der Waals surface area contributed by atoms with E-state index in [1.807, 2.05) is 0 Å². The lowest BCUT2D eigenvalue weighted by Gasteiger charge is -2.18. The number of carbonyl (C=O) groups excluding carboxylic acids is 1. The van der Waals surface area contributed by atoms with Crippen LogP contribution in [0.1, 0.15) is 6.92 Å². The van der Waals surface area contributed by atoms with Crippen molar-refractivity contribution in [3.05, 3.63) is 0 Å². The van der Waals surface area contributed by atoms with Crippen LogP contribution < -0.4 is 0 Å². The number of hydrogen-bond acceptors (Lipinski definition) is 2. The first-order valence-corrected chi connectivity index (χ1v) is 4.01. The Kier molecular flexibility index (Phi) is 4.02. The fourth-order valence-electron chi connectivity index (χ4n) is 0.483. The molecule has 0 aromatic heterocycles. The lowest BCUT2D eigenvalue weighted by Crippen LogP contribution is -2.33. The van der Waals surface area contributed by atoms with Crippen LogP contribution in [0.3, 0.4) is 0 Å². The molecular weight excluding hydrogens is 241 g/mol. The number of hydrogen-bond donors (Lipinski definition) is 0. The minimum atomic E-state index is -4.39. The summed E-state index contributed by atoms with van der Waals surface area (Å²) in [5.41, 5.74) is 0. The van der Waals surface area contributed by atoms with Crippen LogP contribution in [0.4, 0.5) is 13.2 Å². The Balaban J connectivity index is 4.29. The van der Waals surface area contributed by atoms with Crippen LogP contribution in [0.2, 0.25) is 0 Å². The standard InChI is InChI=1S/C6H8BrF3O2/c1-3(6(8,9)10)4(7)5(11)12-2/h3-4H,1-2H3. The average Bonchev–Trinajstić information content (AvgIpc) is 1.98. The number of carbonyl (C=O) groups is 1. The first kappa shape index (κ1) is 11.7. The molecule has 0 aromatic carbocycles. The summed E-state index contributed by atoms with van der Waals surface area (Å²) in [6, 6.07) is 0. The second kappa shape index (κ2) is 4.11. The van der Waals surface area contributed by atoms with Crippen LogP contribution >= 0.6 is 15.9 Å². The van der Waals surface area contributed by atoms with Crippen LogP contribution in [0, 0.1) is 5.92 Å². The maximum Gasteiger partial charge on any atom is 0.393 e. The van der Waals surface area contributed by atoms with Gasteiger partial charge in [0.05, 0.1) is 13.0 Å². The zero-order valence-corrected chi connectivity index (χ0v) is 8.07. The molecule has 0 aromatic rings. The fourth-order valence-corrected chi connectivity index (χ4v) is 0.969. The lowest BCUT2D eigenvalue weighted by molar-refractivity contribution is -0.177. The summed E-state index contributed by atoms with van der Waals surface area (Å²) in [4.78, 5) is 9.30. The zero-order valence-electron chi connectivity index (χ0n) is 6.48. The summed E-state index contributed by atoms with van der Waals surface area (Å²) < 4.78 is 40.0. The maximum atomic E-state index is 12.0. The zero-order chi connectivity index (χ0) is 9.94. The van der Waals surface area contributed by atoms with Crippen LogP contribution in [-0.4, -0.2) is 24.1 Å². The number of rotatable bonds is 2. The van der Waals surface area contributed by atoms with Gasteiger partial charge in [0.15, 0.2) is 0 Å². The van der Waals surface area contributed by atoms with E-state index in [-0.39, 0.29) is 0 Å². The molecule has 0 radical (unpaired) electrons. The van der Waals surface area contributed by atoms with E-state index in [0.29, 0.717) is 0 Å². The van der Waals surface area contributed by atoms with Crippen molar-refractivity contribution in [2.24, 2.45) is 5.92 Å². The highest BCUT2D eigenvalue weighted by Crippen LogP contribution is 2.32. The molecule has 0 aliphatic carbocycles. The molecule has 2 atom stereocenters. The van der Waals surface area contributed by atoms with E-state index in [1.165, 1.54) is 0 Å². The number of methoxy groups -OCH3 is 1. The SMILES string of the molecule is COC(=O)C(Br)C(C)C(F)(F)F. The van der Waals surface area contributed by atoms with E-state index in [2.05, 4.69) is 20.7 Å². The van der Waals surface area contributed by atoms with E-state index in [1.54, 1.807) is 0 Å². The predicted molar refractivity (Wildman–Crippen MR) is 40.0 cm³/mol. The first-order valence-electron chi connectivity index (χ1n) is 3.09.